The Morgan fingerprint density at radius 2 is 1.40 bits per heavy atom. The lowest BCUT2D eigenvalue weighted by molar-refractivity contribution is -0.206. The van der Waals surface area contributed by atoms with Crippen LogP contribution in [0.15, 0.2) is 60.7 Å². The Morgan fingerprint density at radius 1 is 0.775 bits per heavy atom. The molecule has 3 aromatic carbocycles. The molecule has 0 radical (unpaired) electrons. The first kappa shape index (κ1) is 30.6. The highest BCUT2D eigenvalue weighted by Crippen LogP contribution is 2.31. The van der Waals surface area contributed by atoms with Crippen LogP contribution in [-0.2, 0) is 4.74 Å². The SMILES string of the molecule is CCCCCC[C@@H](OC(=O)c1ccc(OC(=O)c2ccc(-c3ccc(OCC)c(F)c3F)cc2)cc1)C(F)(F)F. The van der Waals surface area contributed by atoms with Gasteiger partial charge in [0.1, 0.15) is 5.75 Å². The number of benzene rings is 3. The Labute approximate surface area is 228 Å². The minimum absolute atomic E-state index is 0.0166. The van der Waals surface area contributed by atoms with Crippen molar-refractivity contribution in [2.24, 2.45) is 0 Å². The average Bonchev–Trinajstić information content (AvgIpc) is 2.93. The number of carbonyl (C=O) groups excluding carboxylic acids is 2. The van der Waals surface area contributed by atoms with Crippen molar-refractivity contribution in [3.63, 3.8) is 0 Å². The van der Waals surface area contributed by atoms with Crippen molar-refractivity contribution in [1.29, 1.82) is 0 Å². The molecule has 40 heavy (non-hydrogen) atoms. The van der Waals surface area contributed by atoms with Gasteiger partial charge in [-0.15, -0.1) is 0 Å². The second kappa shape index (κ2) is 13.9. The molecule has 0 unspecified atom stereocenters. The lowest BCUT2D eigenvalue weighted by atomic mass is 10.0. The van der Waals surface area contributed by atoms with E-state index in [1.165, 1.54) is 60.7 Å². The van der Waals surface area contributed by atoms with Gasteiger partial charge in [-0.25, -0.2) is 14.0 Å². The van der Waals surface area contributed by atoms with E-state index in [1.54, 1.807) is 6.92 Å². The van der Waals surface area contributed by atoms with Crippen LogP contribution < -0.4 is 9.47 Å². The highest BCUT2D eigenvalue weighted by Gasteiger charge is 2.42. The molecule has 10 heteroatoms. The molecule has 0 N–H and O–H groups in total. The first-order valence-corrected chi connectivity index (χ1v) is 12.9. The molecule has 0 amide bonds. The number of ether oxygens (including phenoxy) is 3. The van der Waals surface area contributed by atoms with Crippen LogP contribution in [0.4, 0.5) is 22.0 Å². The normalized spacial score (nSPS) is 12.1. The van der Waals surface area contributed by atoms with Crippen molar-refractivity contribution in [2.45, 2.75) is 58.2 Å². The second-order valence-corrected chi connectivity index (χ2v) is 8.95. The average molecular weight is 565 g/mol. The number of hydrogen-bond acceptors (Lipinski definition) is 5. The van der Waals surface area contributed by atoms with E-state index >= 15 is 0 Å². The quantitative estimate of drug-likeness (QED) is 0.0958. The molecule has 1 atom stereocenters. The predicted octanol–water partition coefficient (Wildman–Crippen LogP) is 8.31. The Morgan fingerprint density at radius 3 is 2.00 bits per heavy atom. The van der Waals surface area contributed by atoms with Crippen LogP contribution in [0.5, 0.6) is 11.5 Å². The fraction of sp³-hybridized carbons (Fsp3) is 0.333. The fourth-order valence-corrected chi connectivity index (χ4v) is 3.88. The molecule has 3 aromatic rings. The van der Waals surface area contributed by atoms with Crippen molar-refractivity contribution in [3.05, 3.63) is 83.4 Å². The Balaban J connectivity index is 1.62. The van der Waals surface area contributed by atoms with Gasteiger partial charge in [-0.05, 0) is 73.9 Å². The number of carbonyl (C=O) groups is 2. The minimum atomic E-state index is -4.68. The molecule has 0 aliphatic heterocycles. The molecule has 3 rings (SSSR count). The van der Waals surface area contributed by atoms with Crippen molar-refractivity contribution in [1.82, 2.24) is 0 Å². The number of halogens is 5. The summed E-state index contributed by atoms with van der Waals surface area (Å²) in [6.07, 6.45) is -4.64. The number of rotatable bonds is 12. The largest absolute Gasteiger partial charge is 0.491 e. The zero-order chi connectivity index (χ0) is 29.3. The third-order valence-electron chi connectivity index (χ3n) is 6.01. The summed E-state index contributed by atoms with van der Waals surface area (Å²) in [5, 5.41) is 0. The monoisotopic (exact) mass is 564 g/mol. The molecule has 0 aliphatic carbocycles. The summed E-state index contributed by atoms with van der Waals surface area (Å²) in [5.41, 5.74) is 0.283. The van der Waals surface area contributed by atoms with E-state index < -0.39 is 35.9 Å². The smallest absolute Gasteiger partial charge is 0.425 e. The molecule has 0 heterocycles. The van der Waals surface area contributed by atoms with Crippen LogP contribution in [0.25, 0.3) is 11.1 Å². The zero-order valence-corrected chi connectivity index (χ0v) is 22.0. The first-order chi connectivity index (χ1) is 19.0. The van der Waals surface area contributed by atoms with Crippen LogP contribution in [0, 0.1) is 11.6 Å². The van der Waals surface area contributed by atoms with Crippen molar-refractivity contribution >= 4 is 11.9 Å². The number of hydrogen-bond donors (Lipinski definition) is 0. The molecular formula is C30H29F5O5. The predicted molar refractivity (Wildman–Crippen MR) is 138 cm³/mol. The van der Waals surface area contributed by atoms with Gasteiger partial charge in [-0.1, -0.05) is 38.3 Å². The van der Waals surface area contributed by atoms with Gasteiger partial charge in [0.05, 0.1) is 17.7 Å². The van der Waals surface area contributed by atoms with Gasteiger partial charge < -0.3 is 14.2 Å². The third-order valence-corrected chi connectivity index (χ3v) is 6.01. The summed E-state index contributed by atoms with van der Waals surface area (Å²) < 4.78 is 83.6. The summed E-state index contributed by atoms with van der Waals surface area (Å²) in [7, 11) is 0. The van der Waals surface area contributed by atoms with Gasteiger partial charge in [-0.3, -0.25) is 0 Å². The molecule has 214 valence electrons. The van der Waals surface area contributed by atoms with Crippen LogP contribution >= 0.6 is 0 Å². The third kappa shape index (κ3) is 8.03. The Hall–Kier alpha value is -3.95. The summed E-state index contributed by atoms with van der Waals surface area (Å²) in [4.78, 5) is 24.8. The Bertz CT molecular complexity index is 1290. The number of alkyl halides is 3. The minimum Gasteiger partial charge on any atom is -0.491 e. The van der Waals surface area contributed by atoms with E-state index in [1.807, 2.05) is 6.92 Å². The molecule has 5 nitrogen and oxygen atoms in total. The van der Waals surface area contributed by atoms with Gasteiger partial charge in [0, 0.05) is 5.56 Å². The van der Waals surface area contributed by atoms with E-state index in [4.69, 9.17) is 14.2 Å². The van der Waals surface area contributed by atoms with Gasteiger partial charge in [0.2, 0.25) is 5.82 Å². The molecule has 0 saturated carbocycles. The molecule has 0 saturated heterocycles. The fourth-order valence-electron chi connectivity index (χ4n) is 3.88. The van der Waals surface area contributed by atoms with Gasteiger partial charge >= 0.3 is 18.1 Å². The molecule has 0 bridgehead atoms. The summed E-state index contributed by atoms with van der Waals surface area (Å²) in [6.45, 7) is 3.76. The maximum Gasteiger partial charge on any atom is 0.425 e. The van der Waals surface area contributed by atoms with Crippen LogP contribution in [-0.4, -0.2) is 30.8 Å². The molecule has 0 spiro atoms. The number of esters is 2. The molecule has 0 aliphatic rings. The number of unbranched alkanes of at least 4 members (excludes halogenated alkanes) is 3. The van der Waals surface area contributed by atoms with Crippen molar-refractivity contribution < 1.29 is 45.8 Å². The highest BCUT2D eigenvalue weighted by molar-refractivity contribution is 5.92. The van der Waals surface area contributed by atoms with Crippen LogP contribution in [0.2, 0.25) is 0 Å². The van der Waals surface area contributed by atoms with Crippen LogP contribution in [0.1, 0.15) is 66.7 Å². The van der Waals surface area contributed by atoms with Gasteiger partial charge in [-0.2, -0.15) is 17.6 Å². The summed E-state index contributed by atoms with van der Waals surface area (Å²) in [5.74, 6) is -4.27. The lowest BCUT2D eigenvalue weighted by Crippen LogP contribution is -2.33. The highest BCUT2D eigenvalue weighted by atomic mass is 19.4. The summed E-state index contributed by atoms with van der Waals surface area (Å²) in [6, 6.07) is 13.2. The standard InChI is InChI=1S/C30H29F5O5/c1-3-5-6-7-8-25(30(33,34)35)40-29(37)21-13-15-22(16-14-21)39-28(36)20-11-9-19(10-12-20)23-17-18-24(38-4-2)27(32)26(23)31/h9-18,25H,3-8H2,1-2H3/t25-/m1/s1. The van der Waals surface area contributed by atoms with E-state index in [9.17, 15) is 31.5 Å². The Kier molecular flexibility index (Phi) is 10.6. The maximum absolute atomic E-state index is 14.5. The molecule has 0 aromatic heterocycles. The van der Waals surface area contributed by atoms with E-state index in [0.717, 1.165) is 12.8 Å². The van der Waals surface area contributed by atoms with E-state index in [2.05, 4.69) is 0 Å². The van der Waals surface area contributed by atoms with Crippen molar-refractivity contribution in [3.8, 4) is 22.6 Å². The summed E-state index contributed by atoms with van der Waals surface area (Å²) >= 11 is 0. The van der Waals surface area contributed by atoms with Crippen LogP contribution in [0.3, 0.4) is 0 Å². The molecular weight excluding hydrogens is 535 g/mol. The van der Waals surface area contributed by atoms with Gasteiger partial charge in [0.25, 0.3) is 0 Å². The molecule has 0 fully saturated rings. The van der Waals surface area contributed by atoms with E-state index in [-0.39, 0.29) is 47.6 Å². The second-order valence-electron chi connectivity index (χ2n) is 8.95. The lowest BCUT2D eigenvalue weighted by Gasteiger charge is -2.20. The van der Waals surface area contributed by atoms with Crippen molar-refractivity contribution in [2.75, 3.05) is 6.61 Å². The maximum atomic E-state index is 14.5. The topological polar surface area (TPSA) is 61.8 Å². The zero-order valence-electron chi connectivity index (χ0n) is 22.0. The van der Waals surface area contributed by atoms with Gasteiger partial charge in [0.15, 0.2) is 17.7 Å². The first-order valence-electron chi connectivity index (χ1n) is 12.9. The van der Waals surface area contributed by atoms with E-state index in [0.29, 0.717) is 12.0 Å².